The number of pyridine rings is 1. The molecule has 0 radical (unpaired) electrons. The molecule has 0 spiro atoms. The summed E-state index contributed by atoms with van der Waals surface area (Å²) < 4.78 is 0. The van der Waals surface area contributed by atoms with Gasteiger partial charge in [0.05, 0.1) is 10.9 Å². The van der Waals surface area contributed by atoms with Gasteiger partial charge in [0.2, 0.25) is 5.91 Å². The van der Waals surface area contributed by atoms with Crippen molar-refractivity contribution in [3.05, 3.63) is 46.9 Å². The van der Waals surface area contributed by atoms with Crippen LogP contribution in [0.3, 0.4) is 0 Å². The monoisotopic (exact) mass is 346 g/mol. The van der Waals surface area contributed by atoms with Crippen LogP contribution in [0.2, 0.25) is 5.02 Å². The van der Waals surface area contributed by atoms with Gasteiger partial charge >= 0.3 is 0 Å². The Hall–Kier alpha value is -2.34. The molecule has 1 aliphatic rings. The molecule has 0 aromatic carbocycles. The minimum Gasteiger partial charge on any atom is -0.356 e. The van der Waals surface area contributed by atoms with Gasteiger partial charge in [0.15, 0.2) is 0 Å². The van der Waals surface area contributed by atoms with Crippen LogP contribution in [0.15, 0.2) is 30.6 Å². The van der Waals surface area contributed by atoms with E-state index in [0.29, 0.717) is 29.6 Å². The maximum atomic E-state index is 12.5. The zero-order valence-corrected chi connectivity index (χ0v) is 14.1. The quantitative estimate of drug-likeness (QED) is 0.897. The van der Waals surface area contributed by atoms with Gasteiger partial charge in [-0.1, -0.05) is 17.7 Å². The fourth-order valence-electron chi connectivity index (χ4n) is 2.81. The van der Waals surface area contributed by atoms with Crippen LogP contribution in [0.4, 0.5) is 5.82 Å². The van der Waals surface area contributed by atoms with Crippen LogP contribution in [-0.4, -0.2) is 39.8 Å². The number of rotatable bonds is 3. The third-order valence-electron chi connectivity index (χ3n) is 4.12. The van der Waals surface area contributed by atoms with E-state index in [1.165, 1.54) is 0 Å². The average molecular weight is 347 g/mol. The van der Waals surface area contributed by atoms with Crippen molar-refractivity contribution in [3.63, 3.8) is 0 Å². The number of aromatic nitrogens is 2. The largest absolute Gasteiger partial charge is 0.356 e. The van der Waals surface area contributed by atoms with Crippen molar-refractivity contribution >= 4 is 29.2 Å². The molecule has 0 unspecified atom stereocenters. The lowest BCUT2D eigenvalue weighted by molar-refractivity contribution is -0.121. The van der Waals surface area contributed by atoms with E-state index in [2.05, 4.69) is 15.3 Å². The van der Waals surface area contributed by atoms with Gasteiger partial charge in [-0.25, -0.2) is 4.98 Å². The Bertz CT molecular complexity index is 741. The lowest BCUT2D eigenvalue weighted by Gasteiger charge is -2.31. The number of anilines is 1. The summed E-state index contributed by atoms with van der Waals surface area (Å²) in [4.78, 5) is 33.6. The fourth-order valence-corrected chi connectivity index (χ4v) is 2.97. The molecule has 2 aromatic heterocycles. The first-order valence-corrected chi connectivity index (χ1v) is 8.27. The molecule has 2 amide bonds. The number of likely N-dealkylation sites (tertiary alicyclic amines) is 1. The molecule has 2 aromatic rings. The maximum absolute atomic E-state index is 12.5. The molecule has 24 heavy (non-hydrogen) atoms. The number of carbonyl (C=O) groups excluding carboxylic acids is 2. The highest BCUT2D eigenvalue weighted by Gasteiger charge is 2.29. The number of amides is 2. The van der Waals surface area contributed by atoms with Gasteiger partial charge in [-0.2, -0.15) is 0 Å². The Kier molecular flexibility index (Phi) is 4.85. The van der Waals surface area contributed by atoms with Crippen molar-refractivity contribution in [3.8, 4) is 0 Å². The van der Waals surface area contributed by atoms with E-state index in [0.717, 1.165) is 18.4 Å². The van der Waals surface area contributed by atoms with Gasteiger partial charge in [-0.3, -0.25) is 9.59 Å². The zero-order chi connectivity index (χ0) is 17.1. The number of H-pyrrole nitrogens is 1. The minimum absolute atomic E-state index is 0.103. The molecule has 0 saturated carbocycles. The molecule has 1 aliphatic heterocycles. The molecule has 2 N–H and O–H groups in total. The molecule has 3 rings (SSSR count). The maximum Gasteiger partial charge on any atom is 0.270 e. The summed E-state index contributed by atoms with van der Waals surface area (Å²) in [6, 6.07) is 5.28. The lowest BCUT2D eigenvalue weighted by Crippen LogP contribution is -2.43. The van der Waals surface area contributed by atoms with E-state index in [9.17, 15) is 9.59 Å². The highest BCUT2D eigenvalue weighted by Crippen LogP contribution is 2.21. The van der Waals surface area contributed by atoms with Gasteiger partial charge < -0.3 is 15.2 Å². The Balaban J connectivity index is 1.63. The summed E-state index contributed by atoms with van der Waals surface area (Å²) in [5.41, 5.74) is 1.48. The van der Waals surface area contributed by atoms with Gasteiger partial charge in [0.1, 0.15) is 11.5 Å². The van der Waals surface area contributed by atoms with Gasteiger partial charge in [-0.05, 0) is 37.5 Å². The van der Waals surface area contributed by atoms with Crippen molar-refractivity contribution in [2.45, 2.75) is 19.8 Å². The molecule has 7 heteroatoms. The summed E-state index contributed by atoms with van der Waals surface area (Å²) in [5.74, 6) is 0.0580. The summed E-state index contributed by atoms with van der Waals surface area (Å²) in [6.07, 6.45) is 4.83. The Morgan fingerprint density at radius 3 is 2.92 bits per heavy atom. The predicted octanol–water partition coefficient (Wildman–Crippen LogP) is 2.86. The average Bonchev–Trinajstić information content (AvgIpc) is 3.03. The standard InChI is InChI=1S/C17H19ClN4O2/c1-11-4-5-15(20-8-11)21-16(23)12-3-2-6-22(10-12)17(24)14-7-13(18)9-19-14/h4-5,7-9,12,19H,2-3,6,10H2,1H3,(H,20,21,23)/t12-/m1/s1. The normalized spacial score (nSPS) is 17.6. The Morgan fingerprint density at radius 1 is 1.42 bits per heavy atom. The second-order valence-corrected chi connectivity index (χ2v) is 6.47. The third-order valence-corrected chi connectivity index (χ3v) is 4.34. The van der Waals surface area contributed by atoms with E-state index >= 15 is 0 Å². The van der Waals surface area contributed by atoms with Crippen molar-refractivity contribution < 1.29 is 9.59 Å². The number of nitrogens with zero attached hydrogens (tertiary/aromatic N) is 2. The number of carbonyl (C=O) groups is 2. The van der Waals surface area contributed by atoms with E-state index in [1.807, 2.05) is 13.0 Å². The van der Waals surface area contributed by atoms with Crippen LogP contribution < -0.4 is 5.32 Å². The Morgan fingerprint density at radius 2 is 2.25 bits per heavy atom. The molecule has 0 aliphatic carbocycles. The van der Waals surface area contributed by atoms with Gasteiger partial charge in [0.25, 0.3) is 5.91 Å². The van der Waals surface area contributed by atoms with Crippen LogP contribution in [0.1, 0.15) is 28.9 Å². The first-order valence-electron chi connectivity index (χ1n) is 7.89. The van der Waals surface area contributed by atoms with Crippen LogP contribution in [0.5, 0.6) is 0 Å². The minimum atomic E-state index is -0.240. The molecule has 6 nitrogen and oxygen atoms in total. The smallest absolute Gasteiger partial charge is 0.270 e. The fraction of sp³-hybridized carbons (Fsp3) is 0.353. The van der Waals surface area contributed by atoms with E-state index in [-0.39, 0.29) is 17.7 Å². The SMILES string of the molecule is Cc1ccc(NC(=O)[C@@H]2CCCN(C(=O)c3cc(Cl)c[nH]3)C2)nc1. The number of aryl methyl sites for hydroxylation is 1. The van der Waals surface area contributed by atoms with Crippen molar-refractivity contribution in [2.75, 3.05) is 18.4 Å². The molecule has 1 atom stereocenters. The number of piperidine rings is 1. The first kappa shape index (κ1) is 16.5. The van der Waals surface area contributed by atoms with Crippen molar-refractivity contribution in [1.29, 1.82) is 0 Å². The molecular formula is C17H19ClN4O2. The summed E-state index contributed by atoms with van der Waals surface area (Å²) in [5, 5.41) is 3.32. The topological polar surface area (TPSA) is 78.1 Å². The molecule has 0 bridgehead atoms. The number of hydrogen-bond acceptors (Lipinski definition) is 3. The lowest BCUT2D eigenvalue weighted by atomic mass is 9.97. The first-order chi connectivity index (χ1) is 11.5. The number of aromatic amines is 1. The predicted molar refractivity (Wildman–Crippen MR) is 92.0 cm³/mol. The number of halogens is 1. The Labute approximate surface area is 145 Å². The molecule has 3 heterocycles. The summed E-state index contributed by atoms with van der Waals surface area (Å²) in [7, 11) is 0. The van der Waals surface area contributed by atoms with Crippen LogP contribution in [0.25, 0.3) is 0 Å². The number of nitrogens with one attached hydrogen (secondary N) is 2. The highest BCUT2D eigenvalue weighted by molar-refractivity contribution is 6.30. The van der Waals surface area contributed by atoms with Crippen LogP contribution >= 0.6 is 11.6 Å². The number of hydrogen-bond donors (Lipinski definition) is 2. The van der Waals surface area contributed by atoms with Crippen molar-refractivity contribution in [2.24, 2.45) is 5.92 Å². The van der Waals surface area contributed by atoms with E-state index in [1.54, 1.807) is 29.4 Å². The summed E-state index contributed by atoms with van der Waals surface area (Å²) in [6.45, 7) is 2.98. The van der Waals surface area contributed by atoms with Crippen LogP contribution in [0, 0.1) is 12.8 Å². The second kappa shape index (κ2) is 7.05. The van der Waals surface area contributed by atoms with Crippen LogP contribution in [-0.2, 0) is 4.79 Å². The van der Waals surface area contributed by atoms with E-state index < -0.39 is 0 Å². The second-order valence-electron chi connectivity index (χ2n) is 6.03. The molecule has 1 saturated heterocycles. The summed E-state index contributed by atoms with van der Waals surface area (Å²) >= 11 is 5.85. The molecular weight excluding hydrogens is 328 g/mol. The van der Waals surface area contributed by atoms with Crippen molar-refractivity contribution in [1.82, 2.24) is 14.9 Å². The highest BCUT2D eigenvalue weighted by atomic mass is 35.5. The molecule has 126 valence electrons. The van der Waals surface area contributed by atoms with Gasteiger partial charge in [-0.15, -0.1) is 0 Å². The molecule has 1 fully saturated rings. The zero-order valence-electron chi connectivity index (χ0n) is 13.4. The third kappa shape index (κ3) is 3.76. The van der Waals surface area contributed by atoms with Gasteiger partial charge in [0, 0.05) is 25.5 Å². The van der Waals surface area contributed by atoms with E-state index in [4.69, 9.17) is 11.6 Å².